The Kier molecular flexibility index (Phi) is 5.59. The van der Waals surface area contributed by atoms with Crippen LogP contribution in [-0.2, 0) is 4.79 Å². The number of aliphatic hydroxyl groups excluding tert-OH is 2. The van der Waals surface area contributed by atoms with Crippen molar-refractivity contribution < 1.29 is 19.7 Å². The van der Waals surface area contributed by atoms with E-state index in [1.807, 2.05) is 0 Å². The summed E-state index contributed by atoms with van der Waals surface area (Å²) in [5, 5.41) is 21.0. The molecule has 0 heterocycles. The minimum atomic E-state index is -1.01. The van der Waals surface area contributed by atoms with Crippen LogP contribution >= 0.6 is 0 Å². The smallest absolute Gasteiger partial charge is 0.258 e. The van der Waals surface area contributed by atoms with Crippen LogP contribution in [0, 0.1) is 0 Å². The van der Waals surface area contributed by atoms with Crippen molar-refractivity contribution in [3.8, 4) is 5.75 Å². The molecule has 0 radical (unpaired) electrons. The standard InChI is InChI=1S/C13H20N2O4/c1-2-13(8-16,9-17)15-12(18)7-19-11-6-4-3-5-10(11)14/h3-6,16-17H,2,7-9,14H2,1H3,(H,15,18). The van der Waals surface area contributed by atoms with E-state index < -0.39 is 11.4 Å². The number of carbonyl (C=O) groups is 1. The Bertz CT molecular complexity index is 411. The van der Waals surface area contributed by atoms with E-state index in [2.05, 4.69) is 5.32 Å². The van der Waals surface area contributed by atoms with Crippen LogP contribution in [-0.4, -0.2) is 41.5 Å². The molecule has 0 aliphatic heterocycles. The molecule has 6 heteroatoms. The third-order valence-electron chi connectivity index (χ3n) is 2.96. The van der Waals surface area contributed by atoms with Crippen LogP contribution in [0.1, 0.15) is 13.3 Å². The molecule has 0 aliphatic rings. The zero-order valence-corrected chi connectivity index (χ0v) is 10.9. The molecule has 0 atom stereocenters. The van der Waals surface area contributed by atoms with Gasteiger partial charge in [-0.1, -0.05) is 19.1 Å². The third kappa shape index (κ3) is 4.11. The molecule has 0 aromatic heterocycles. The van der Waals surface area contributed by atoms with Gasteiger partial charge in [-0.15, -0.1) is 0 Å². The van der Waals surface area contributed by atoms with Crippen molar-refractivity contribution in [2.75, 3.05) is 25.6 Å². The van der Waals surface area contributed by atoms with Gasteiger partial charge in [-0.2, -0.15) is 0 Å². The normalized spacial score (nSPS) is 11.1. The molecule has 1 rings (SSSR count). The monoisotopic (exact) mass is 268 g/mol. The Hall–Kier alpha value is -1.79. The average molecular weight is 268 g/mol. The Labute approximate surface area is 112 Å². The Morgan fingerprint density at radius 1 is 1.37 bits per heavy atom. The Balaban J connectivity index is 2.54. The number of amides is 1. The maximum Gasteiger partial charge on any atom is 0.258 e. The van der Waals surface area contributed by atoms with Crippen molar-refractivity contribution in [2.45, 2.75) is 18.9 Å². The number of ether oxygens (including phenoxy) is 1. The average Bonchev–Trinajstić information content (AvgIpc) is 2.44. The Morgan fingerprint density at radius 3 is 2.53 bits per heavy atom. The first-order valence-electron chi connectivity index (χ1n) is 6.07. The van der Waals surface area contributed by atoms with E-state index in [-0.39, 0.29) is 19.8 Å². The summed E-state index contributed by atoms with van der Waals surface area (Å²) in [6, 6.07) is 6.85. The van der Waals surface area contributed by atoms with Gasteiger partial charge in [0.2, 0.25) is 0 Å². The van der Waals surface area contributed by atoms with Gasteiger partial charge in [0, 0.05) is 0 Å². The molecule has 0 saturated heterocycles. The summed E-state index contributed by atoms with van der Waals surface area (Å²) in [7, 11) is 0. The van der Waals surface area contributed by atoms with Crippen LogP contribution in [0.4, 0.5) is 5.69 Å². The number of carbonyl (C=O) groups excluding carboxylic acids is 1. The highest BCUT2D eigenvalue weighted by molar-refractivity contribution is 5.78. The van der Waals surface area contributed by atoms with Gasteiger partial charge in [0.15, 0.2) is 6.61 Å². The first-order chi connectivity index (χ1) is 9.06. The highest BCUT2D eigenvalue weighted by atomic mass is 16.5. The van der Waals surface area contributed by atoms with Gasteiger partial charge in [0.1, 0.15) is 5.75 Å². The molecular formula is C13H20N2O4. The molecule has 0 fully saturated rings. The van der Waals surface area contributed by atoms with E-state index in [0.29, 0.717) is 17.9 Å². The fourth-order valence-electron chi connectivity index (χ4n) is 1.53. The lowest BCUT2D eigenvalue weighted by atomic mass is 9.98. The van der Waals surface area contributed by atoms with Gasteiger partial charge in [0.05, 0.1) is 24.4 Å². The summed E-state index contributed by atoms with van der Waals surface area (Å²) < 4.78 is 5.28. The first-order valence-corrected chi connectivity index (χ1v) is 6.07. The summed E-state index contributed by atoms with van der Waals surface area (Å²) in [4.78, 5) is 11.7. The number of nitrogen functional groups attached to an aromatic ring is 1. The van der Waals surface area contributed by atoms with Crippen LogP contribution in [0.3, 0.4) is 0 Å². The van der Waals surface area contributed by atoms with Gasteiger partial charge >= 0.3 is 0 Å². The maximum atomic E-state index is 11.7. The lowest BCUT2D eigenvalue weighted by molar-refractivity contribution is -0.126. The fourth-order valence-corrected chi connectivity index (χ4v) is 1.53. The van der Waals surface area contributed by atoms with Gasteiger partial charge in [-0.25, -0.2) is 0 Å². The molecule has 1 amide bonds. The second-order valence-electron chi connectivity index (χ2n) is 4.32. The van der Waals surface area contributed by atoms with Gasteiger partial charge in [-0.3, -0.25) is 4.79 Å². The summed E-state index contributed by atoms with van der Waals surface area (Å²) >= 11 is 0. The second kappa shape index (κ2) is 6.96. The minimum absolute atomic E-state index is 0.226. The van der Waals surface area contributed by atoms with Crippen molar-refractivity contribution in [2.24, 2.45) is 0 Å². The fraction of sp³-hybridized carbons (Fsp3) is 0.462. The van der Waals surface area contributed by atoms with E-state index in [9.17, 15) is 15.0 Å². The molecule has 0 saturated carbocycles. The number of nitrogens with one attached hydrogen (secondary N) is 1. The van der Waals surface area contributed by atoms with Crippen molar-refractivity contribution in [3.63, 3.8) is 0 Å². The van der Waals surface area contributed by atoms with E-state index in [1.54, 1.807) is 31.2 Å². The molecular weight excluding hydrogens is 248 g/mol. The first kappa shape index (κ1) is 15.3. The van der Waals surface area contributed by atoms with Gasteiger partial charge < -0.3 is 26.0 Å². The minimum Gasteiger partial charge on any atom is -0.482 e. The molecule has 0 bridgehead atoms. The number of hydrogen-bond acceptors (Lipinski definition) is 5. The number of benzene rings is 1. The summed E-state index contributed by atoms with van der Waals surface area (Å²) in [6.45, 7) is 0.872. The van der Waals surface area contributed by atoms with E-state index >= 15 is 0 Å². The summed E-state index contributed by atoms with van der Waals surface area (Å²) in [5.41, 5.74) is 5.11. The van der Waals surface area contributed by atoms with Crippen molar-refractivity contribution >= 4 is 11.6 Å². The maximum absolute atomic E-state index is 11.7. The molecule has 0 unspecified atom stereocenters. The molecule has 0 spiro atoms. The number of anilines is 1. The SMILES string of the molecule is CCC(CO)(CO)NC(=O)COc1ccccc1N. The van der Waals surface area contributed by atoms with Crippen LogP contribution in [0.25, 0.3) is 0 Å². The number of nitrogens with two attached hydrogens (primary N) is 1. The number of para-hydroxylation sites is 2. The molecule has 1 aromatic rings. The van der Waals surface area contributed by atoms with E-state index in [1.165, 1.54) is 0 Å². The molecule has 6 nitrogen and oxygen atoms in total. The van der Waals surface area contributed by atoms with Crippen LogP contribution in [0.2, 0.25) is 0 Å². The molecule has 0 aliphatic carbocycles. The van der Waals surface area contributed by atoms with Gasteiger partial charge in [-0.05, 0) is 18.6 Å². The van der Waals surface area contributed by atoms with E-state index in [4.69, 9.17) is 10.5 Å². The summed E-state index contributed by atoms with van der Waals surface area (Å²) in [6.07, 6.45) is 0.416. The second-order valence-corrected chi connectivity index (χ2v) is 4.32. The lowest BCUT2D eigenvalue weighted by Crippen LogP contribution is -2.55. The summed E-state index contributed by atoms with van der Waals surface area (Å²) in [5.74, 6) is 0.000878. The third-order valence-corrected chi connectivity index (χ3v) is 2.96. The largest absolute Gasteiger partial charge is 0.482 e. The lowest BCUT2D eigenvalue weighted by Gasteiger charge is -2.29. The van der Waals surface area contributed by atoms with Crippen LogP contribution in [0.5, 0.6) is 5.75 Å². The predicted octanol–water partition coefficient (Wildman–Crippen LogP) is -0.103. The highest BCUT2D eigenvalue weighted by Gasteiger charge is 2.28. The number of aliphatic hydroxyl groups is 2. The molecule has 106 valence electrons. The molecule has 1 aromatic carbocycles. The van der Waals surface area contributed by atoms with Crippen LogP contribution < -0.4 is 15.8 Å². The zero-order chi connectivity index (χ0) is 14.3. The topological polar surface area (TPSA) is 105 Å². The quantitative estimate of drug-likeness (QED) is 0.517. The molecule has 5 N–H and O–H groups in total. The van der Waals surface area contributed by atoms with Gasteiger partial charge in [0.25, 0.3) is 5.91 Å². The zero-order valence-electron chi connectivity index (χ0n) is 10.9. The van der Waals surface area contributed by atoms with Crippen LogP contribution in [0.15, 0.2) is 24.3 Å². The van der Waals surface area contributed by atoms with E-state index in [0.717, 1.165) is 0 Å². The van der Waals surface area contributed by atoms with Crippen molar-refractivity contribution in [1.29, 1.82) is 0 Å². The van der Waals surface area contributed by atoms with Crippen molar-refractivity contribution in [3.05, 3.63) is 24.3 Å². The number of rotatable bonds is 7. The van der Waals surface area contributed by atoms with Crippen molar-refractivity contribution in [1.82, 2.24) is 5.32 Å². The molecule has 19 heavy (non-hydrogen) atoms. The predicted molar refractivity (Wildman–Crippen MR) is 71.7 cm³/mol. The highest BCUT2D eigenvalue weighted by Crippen LogP contribution is 2.19. The number of hydrogen-bond donors (Lipinski definition) is 4. The Morgan fingerprint density at radius 2 is 2.00 bits per heavy atom.